The predicted molar refractivity (Wildman–Crippen MR) is 111 cm³/mol. The molecule has 9 heteroatoms. The molecule has 0 atom stereocenters. The van der Waals surface area contributed by atoms with Crippen molar-refractivity contribution in [3.05, 3.63) is 65.5 Å². The van der Waals surface area contributed by atoms with Gasteiger partial charge in [-0.05, 0) is 38.0 Å². The van der Waals surface area contributed by atoms with Crippen LogP contribution in [0.5, 0.6) is 0 Å². The molecule has 1 N–H and O–H groups in total. The fourth-order valence-electron chi connectivity index (χ4n) is 3.71. The van der Waals surface area contributed by atoms with Crippen LogP contribution < -0.4 is 4.72 Å². The first-order chi connectivity index (χ1) is 13.7. The van der Waals surface area contributed by atoms with Gasteiger partial charge in [0.1, 0.15) is 0 Å². The summed E-state index contributed by atoms with van der Waals surface area (Å²) in [6.07, 6.45) is 1.94. The van der Waals surface area contributed by atoms with Gasteiger partial charge in [0, 0.05) is 25.7 Å². The van der Waals surface area contributed by atoms with Crippen molar-refractivity contribution < 1.29 is 16.8 Å². The molecule has 7 nitrogen and oxygen atoms in total. The summed E-state index contributed by atoms with van der Waals surface area (Å²) >= 11 is 0. The van der Waals surface area contributed by atoms with Crippen LogP contribution >= 0.6 is 0 Å². The smallest absolute Gasteiger partial charge is 0.265 e. The number of nitrogens with one attached hydrogen (secondary N) is 1. The highest BCUT2D eigenvalue weighted by molar-refractivity contribution is 7.90. The number of benzene rings is 2. The van der Waals surface area contributed by atoms with Gasteiger partial charge in [0.25, 0.3) is 20.0 Å². The van der Waals surface area contributed by atoms with Crippen molar-refractivity contribution in [3.63, 3.8) is 0 Å². The van der Waals surface area contributed by atoms with E-state index in [4.69, 9.17) is 0 Å². The summed E-state index contributed by atoms with van der Waals surface area (Å²) in [5, 5.41) is 0. The van der Waals surface area contributed by atoms with E-state index in [-0.39, 0.29) is 15.6 Å². The van der Waals surface area contributed by atoms with Crippen molar-refractivity contribution >= 4 is 25.7 Å². The molecule has 154 valence electrons. The lowest BCUT2D eigenvalue weighted by Gasteiger charge is -2.35. The van der Waals surface area contributed by atoms with Crippen LogP contribution in [0.2, 0.25) is 0 Å². The molecule has 2 aromatic rings. The largest absolute Gasteiger partial charge is 0.368 e. The summed E-state index contributed by atoms with van der Waals surface area (Å²) in [7, 11) is -6.45. The first-order valence-electron chi connectivity index (χ1n) is 9.39. The van der Waals surface area contributed by atoms with Crippen molar-refractivity contribution in [2.75, 3.05) is 20.1 Å². The fourth-order valence-corrected chi connectivity index (χ4v) is 6.23. The minimum absolute atomic E-state index is 0.0613. The highest BCUT2D eigenvalue weighted by atomic mass is 32.2. The van der Waals surface area contributed by atoms with Gasteiger partial charge in [-0.15, -0.1) is 0 Å². The zero-order chi connectivity index (χ0) is 20.8. The average molecular weight is 434 g/mol. The highest BCUT2D eigenvalue weighted by Gasteiger charge is 2.38. The molecule has 0 saturated carbocycles. The molecule has 0 aromatic heterocycles. The molecule has 2 aromatic carbocycles. The van der Waals surface area contributed by atoms with Gasteiger partial charge >= 0.3 is 0 Å². The Balaban J connectivity index is 1.90. The minimum atomic E-state index is -3.97. The normalized spacial score (nSPS) is 18.7. The fraction of sp³-hybridized carbons (Fsp3) is 0.300. The molecule has 1 fully saturated rings. The van der Waals surface area contributed by atoms with E-state index in [1.165, 1.54) is 19.2 Å². The molecular formula is C20H23N3O4S2. The zero-order valence-corrected chi connectivity index (χ0v) is 17.9. The average Bonchev–Trinajstić information content (AvgIpc) is 3.21. The Labute approximate surface area is 171 Å². The molecule has 29 heavy (non-hydrogen) atoms. The third-order valence-corrected chi connectivity index (χ3v) is 8.47. The van der Waals surface area contributed by atoms with E-state index >= 15 is 0 Å². The van der Waals surface area contributed by atoms with Gasteiger partial charge in [-0.2, -0.15) is 0 Å². The van der Waals surface area contributed by atoms with E-state index in [0.29, 0.717) is 11.3 Å². The van der Waals surface area contributed by atoms with Gasteiger partial charge in [0.15, 0.2) is 5.82 Å². The van der Waals surface area contributed by atoms with Gasteiger partial charge in [0.05, 0.1) is 15.5 Å². The Morgan fingerprint density at radius 2 is 1.59 bits per heavy atom. The predicted octanol–water partition coefficient (Wildman–Crippen LogP) is 2.33. The van der Waals surface area contributed by atoms with Gasteiger partial charge in [-0.3, -0.25) is 9.03 Å². The Hall–Kier alpha value is -2.52. The van der Waals surface area contributed by atoms with Crippen LogP contribution in [0.1, 0.15) is 24.0 Å². The molecule has 2 aliphatic heterocycles. The molecule has 2 heterocycles. The number of sulfonamides is 2. The Bertz CT molecular complexity index is 1180. The third-order valence-electron chi connectivity index (χ3n) is 5.30. The zero-order valence-electron chi connectivity index (χ0n) is 16.3. The quantitative estimate of drug-likeness (QED) is 0.800. The van der Waals surface area contributed by atoms with E-state index in [9.17, 15) is 16.8 Å². The number of nitrogens with zero attached hydrogens (tertiary/aromatic N) is 2. The second-order valence-electron chi connectivity index (χ2n) is 7.28. The maximum absolute atomic E-state index is 13.1. The van der Waals surface area contributed by atoms with Crippen LogP contribution in [0.15, 0.2) is 64.1 Å². The van der Waals surface area contributed by atoms with Crippen LogP contribution in [0.4, 0.5) is 0 Å². The van der Waals surface area contributed by atoms with Crippen molar-refractivity contribution in [2.45, 2.75) is 29.6 Å². The van der Waals surface area contributed by atoms with Crippen LogP contribution in [-0.4, -0.2) is 46.2 Å². The number of fused-ring (bicyclic) bond motifs is 1. The molecule has 2 aliphatic rings. The van der Waals surface area contributed by atoms with E-state index in [0.717, 1.165) is 35.8 Å². The maximum Gasteiger partial charge on any atom is 0.265 e. The molecule has 4 rings (SSSR count). The lowest BCUT2D eigenvalue weighted by molar-refractivity contribution is 0.453. The van der Waals surface area contributed by atoms with Crippen LogP contribution in [-0.2, 0) is 20.0 Å². The summed E-state index contributed by atoms with van der Waals surface area (Å²) < 4.78 is 55.9. The van der Waals surface area contributed by atoms with Crippen molar-refractivity contribution in [1.29, 1.82) is 0 Å². The van der Waals surface area contributed by atoms with Gasteiger partial charge in [-0.1, -0.05) is 35.9 Å². The summed E-state index contributed by atoms with van der Waals surface area (Å²) in [5.41, 5.74) is 2.06. The topological polar surface area (TPSA) is 86.8 Å². The van der Waals surface area contributed by atoms with E-state index in [2.05, 4.69) is 9.62 Å². The molecule has 0 bridgehead atoms. The van der Waals surface area contributed by atoms with Crippen LogP contribution in [0.25, 0.3) is 5.70 Å². The Morgan fingerprint density at radius 3 is 2.24 bits per heavy atom. The minimum Gasteiger partial charge on any atom is -0.368 e. The van der Waals surface area contributed by atoms with Crippen molar-refractivity contribution in [2.24, 2.45) is 0 Å². The first-order valence-corrected chi connectivity index (χ1v) is 12.3. The number of likely N-dealkylation sites (tertiary alicyclic amines) is 1. The summed E-state index contributed by atoms with van der Waals surface area (Å²) in [6.45, 7) is 3.36. The summed E-state index contributed by atoms with van der Waals surface area (Å²) in [6, 6.07) is 13.2. The third kappa shape index (κ3) is 3.38. The second-order valence-corrected chi connectivity index (χ2v) is 10.9. The lowest BCUT2D eigenvalue weighted by Crippen LogP contribution is -2.42. The first kappa shape index (κ1) is 19.8. The van der Waals surface area contributed by atoms with E-state index < -0.39 is 20.0 Å². The molecule has 1 saturated heterocycles. The summed E-state index contributed by atoms with van der Waals surface area (Å²) in [4.78, 5) is 2.32. The Kier molecular flexibility index (Phi) is 4.82. The molecular weight excluding hydrogens is 410 g/mol. The second kappa shape index (κ2) is 7.07. The number of aryl methyl sites for hydroxylation is 1. The molecule has 0 unspecified atom stereocenters. The van der Waals surface area contributed by atoms with Crippen LogP contribution in [0, 0.1) is 6.92 Å². The molecule has 0 aliphatic carbocycles. The van der Waals surface area contributed by atoms with Crippen molar-refractivity contribution in [3.8, 4) is 0 Å². The highest BCUT2D eigenvalue weighted by Crippen LogP contribution is 2.38. The van der Waals surface area contributed by atoms with Gasteiger partial charge < -0.3 is 4.90 Å². The lowest BCUT2D eigenvalue weighted by atomic mass is 10.1. The van der Waals surface area contributed by atoms with Crippen LogP contribution in [0.3, 0.4) is 0 Å². The van der Waals surface area contributed by atoms with Crippen molar-refractivity contribution in [1.82, 2.24) is 13.9 Å². The number of rotatable bonds is 4. The maximum atomic E-state index is 13.1. The standard InChI is InChI=1S/C20H23N3O4S2/c1-15-9-11-16(12-10-15)28(24,25)21-20-19(23-13-5-6-14-23)17-7-3-4-8-18(17)29(26,27)22(20)2/h3-4,7-12,21H,5-6,13-14H2,1-2H3. The molecule has 0 radical (unpaired) electrons. The van der Waals surface area contributed by atoms with Gasteiger partial charge in [0.2, 0.25) is 0 Å². The molecule has 0 amide bonds. The summed E-state index contributed by atoms with van der Waals surface area (Å²) in [5.74, 6) is 0.0613. The SMILES string of the molecule is Cc1ccc(S(=O)(=O)NC2=C(N3CCCC3)c3ccccc3S(=O)(=O)N2C)cc1. The van der Waals surface area contributed by atoms with E-state index in [1.807, 2.05) is 6.92 Å². The monoisotopic (exact) mass is 433 g/mol. The van der Waals surface area contributed by atoms with E-state index in [1.54, 1.807) is 36.4 Å². The number of hydrogen-bond donors (Lipinski definition) is 1. The Morgan fingerprint density at radius 1 is 0.966 bits per heavy atom. The van der Waals surface area contributed by atoms with Gasteiger partial charge in [-0.25, -0.2) is 16.8 Å². The number of hydrogen-bond acceptors (Lipinski definition) is 5. The molecule has 0 spiro atoms.